The Morgan fingerprint density at radius 3 is 2.58 bits per heavy atom. The van der Waals surface area contributed by atoms with Gasteiger partial charge in [-0.15, -0.1) is 0 Å². The smallest absolute Gasteiger partial charge is 0.490 e. The van der Waals surface area contributed by atoms with Gasteiger partial charge in [-0.05, 0) is 19.1 Å². The van der Waals surface area contributed by atoms with Crippen LogP contribution in [0.3, 0.4) is 0 Å². The van der Waals surface area contributed by atoms with Crippen LogP contribution in [0.15, 0.2) is 42.6 Å². The number of benzene rings is 1. The van der Waals surface area contributed by atoms with Gasteiger partial charge in [0.2, 0.25) is 0 Å². The van der Waals surface area contributed by atoms with Crippen molar-refractivity contribution in [2.45, 2.75) is 44.2 Å². The van der Waals surface area contributed by atoms with Crippen molar-refractivity contribution < 1.29 is 70.7 Å². The second kappa shape index (κ2) is 15.5. The highest BCUT2D eigenvalue weighted by molar-refractivity contribution is 7.66. The van der Waals surface area contributed by atoms with Crippen LogP contribution in [0.2, 0.25) is 0 Å². The average molecular weight is 757 g/mol. The maximum atomic E-state index is 12.1. The fourth-order valence-electron chi connectivity index (χ4n) is 4.64. The Labute approximate surface area is 273 Å². The van der Waals surface area contributed by atoms with Crippen molar-refractivity contribution in [1.29, 1.82) is 0 Å². The number of nitro benzene ring substituents is 1. The number of aliphatic hydroxyl groups excluding tert-OH is 1. The highest BCUT2D eigenvalue weighted by Gasteiger charge is 2.43. The van der Waals surface area contributed by atoms with Crippen LogP contribution in [0, 0.1) is 10.1 Å². The first kappa shape index (κ1) is 38.1. The third-order valence-electron chi connectivity index (χ3n) is 6.59. The highest BCUT2D eigenvalue weighted by atomic mass is 31.3. The van der Waals surface area contributed by atoms with Gasteiger partial charge < -0.3 is 49.2 Å². The number of phosphoric acid groups is 3. The molecule has 0 bridgehead atoms. The molecule has 0 saturated carbocycles. The van der Waals surface area contributed by atoms with E-state index in [-0.39, 0.29) is 38.8 Å². The number of methoxy groups -OCH3 is 1. The number of phosphoric ester groups is 1. The second-order valence-corrected chi connectivity index (χ2v) is 15.5. The van der Waals surface area contributed by atoms with Crippen LogP contribution in [0.5, 0.6) is 5.75 Å². The van der Waals surface area contributed by atoms with E-state index < -0.39 is 59.3 Å². The first-order chi connectivity index (χ1) is 22.4. The summed E-state index contributed by atoms with van der Waals surface area (Å²) >= 11 is 0. The number of nitro groups is 1. The molecule has 3 heterocycles. The minimum atomic E-state index is -5.74. The van der Waals surface area contributed by atoms with Crippen LogP contribution < -0.4 is 10.5 Å². The molecule has 25 heteroatoms. The fraction of sp³-hybridized carbons (Fsp3) is 0.391. The van der Waals surface area contributed by atoms with Gasteiger partial charge in [0.15, 0.2) is 0 Å². The zero-order valence-electron chi connectivity index (χ0n) is 24.9. The number of rotatable bonds is 16. The number of anilines is 1. The van der Waals surface area contributed by atoms with Crippen LogP contribution in [-0.4, -0.2) is 70.1 Å². The molecule has 7 atom stereocenters. The Morgan fingerprint density at radius 2 is 1.94 bits per heavy atom. The highest BCUT2D eigenvalue weighted by Crippen LogP contribution is 2.66. The van der Waals surface area contributed by atoms with Crippen LogP contribution in [0.4, 0.5) is 11.5 Å². The summed E-state index contributed by atoms with van der Waals surface area (Å²) in [6.07, 6.45) is 0.832. The van der Waals surface area contributed by atoms with Gasteiger partial charge in [-0.25, -0.2) is 23.7 Å². The molecule has 4 rings (SSSR count). The van der Waals surface area contributed by atoms with Crippen molar-refractivity contribution >= 4 is 54.6 Å². The van der Waals surface area contributed by atoms with Crippen molar-refractivity contribution in [2.24, 2.45) is 0 Å². The van der Waals surface area contributed by atoms with Gasteiger partial charge in [0.1, 0.15) is 41.7 Å². The molecule has 1 aliphatic rings. The molecule has 21 nitrogen and oxygen atoms in total. The van der Waals surface area contributed by atoms with E-state index in [2.05, 4.69) is 23.1 Å². The normalized spacial score (nSPS) is 21.9. The summed E-state index contributed by atoms with van der Waals surface area (Å²) in [6.45, 7) is 0.802. The van der Waals surface area contributed by atoms with E-state index in [1.165, 1.54) is 24.1 Å². The van der Waals surface area contributed by atoms with E-state index in [1.807, 2.05) is 5.82 Å². The molecule has 0 aliphatic carbocycles. The maximum absolute atomic E-state index is 12.1. The lowest BCUT2D eigenvalue weighted by Gasteiger charge is -2.19. The van der Waals surface area contributed by atoms with E-state index >= 15 is 0 Å². The Kier molecular flexibility index (Phi) is 12.3. The van der Waals surface area contributed by atoms with Gasteiger partial charge in [-0.3, -0.25) is 14.6 Å². The largest absolute Gasteiger partial charge is 0.497 e. The van der Waals surface area contributed by atoms with Gasteiger partial charge >= 0.3 is 23.5 Å². The zero-order valence-corrected chi connectivity index (χ0v) is 28.6. The molecule has 1 saturated heterocycles. The fourth-order valence-corrected chi connectivity index (χ4v) is 8.64. The number of aliphatic hydroxyl groups is 1. The lowest BCUT2D eigenvalue weighted by atomic mass is 10.1. The summed E-state index contributed by atoms with van der Waals surface area (Å²) in [4.78, 5) is 56.1. The summed E-state index contributed by atoms with van der Waals surface area (Å²) in [5.74, 6) is 1.43. The monoisotopic (exact) mass is 757 g/mol. The Balaban J connectivity index is 1.54. The molecule has 0 radical (unpaired) electrons. The Bertz CT molecular complexity index is 1820. The zero-order chi connectivity index (χ0) is 35.4. The number of allylic oxidation sites excluding steroid dienone is 1. The first-order valence-electron chi connectivity index (χ1n) is 13.5. The lowest BCUT2D eigenvalue weighted by molar-refractivity contribution is -0.386. The lowest BCUT2D eigenvalue weighted by Crippen LogP contribution is -2.26. The van der Waals surface area contributed by atoms with Gasteiger partial charge in [-0.2, -0.15) is 8.62 Å². The molecule has 2 aromatic heterocycles. The maximum Gasteiger partial charge on any atom is 0.490 e. The summed E-state index contributed by atoms with van der Waals surface area (Å²) in [5, 5.41) is 22.9. The number of hydrogen-bond donors (Lipinski definition) is 6. The summed E-state index contributed by atoms with van der Waals surface area (Å²) in [5.41, 5.74) is 7.02. The molecule has 1 fully saturated rings. The minimum absolute atomic E-state index is 0.0157. The number of fused-ring (bicyclic) bond motifs is 1. The summed E-state index contributed by atoms with van der Waals surface area (Å²) < 4.78 is 65.2. The third-order valence-corrected chi connectivity index (χ3v) is 11.7. The molecule has 3 aromatic rings. The number of hydrogen-bond acceptors (Lipinski definition) is 15. The van der Waals surface area contributed by atoms with Crippen molar-refractivity contribution in [1.82, 2.24) is 14.5 Å². The molecular formula is C23H31N5O16P4. The molecular weight excluding hydrogens is 726 g/mol. The molecule has 0 spiro atoms. The number of aromatic nitrogens is 3. The van der Waals surface area contributed by atoms with Crippen LogP contribution in [0.25, 0.3) is 11.0 Å². The molecule has 7 N–H and O–H groups in total. The van der Waals surface area contributed by atoms with Crippen molar-refractivity contribution in [2.75, 3.05) is 19.5 Å². The standard InChI is InChI=1S/C23H31N5O16P4/c1-3-6-45-23(15-5-4-14(39-2)7-16(15)28(30)31)40-10-13-9-27(22-20(13)21(24)25-12-26-22)19-8-17(29)18(42-19)11-41-47(35,36)44-48(37,38)43-46(32,33)34/h3-7,9,12,17-19,23,29,45H,8,10-11H2,1-2H3,(H,35,36)(H,37,38)(H2,24,25,26)(H2,32,33,34)/b6-3-/t17?,18-,19-,23-/m1/s1. The average Bonchev–Trinajstić information content (AvgIpc) is 3.54. The Hall–Kier alpha value is -2.70. The van der Waals surface area contributed by atoms with Crippen LogP contribution in [-0.2, 0) is 42.9 Å². The summed E-state index contributed by atoms with van der Waals surface area (Å²) in [7, 11) is -15.4. The molecule has 0 amide bonds. The number of nitrogens with zero attached hydrogens (tertiary/aromatic N) is 4. The molecule has 1 aliphatic heterocycles. The van der Waals surface area contributed by atoms with Crippen molar-refractivity contribution in [3.63, 3.8) is 0 Å². The first-order valence-corrected chi connectivity index (χ1v) is 19.1. The number of nitrogens with two attached hydrogens (primary N) is 1. The van der Waals surface area contributed by atoms with Crippen molar-refractivity contribution in [3.8, 4) is 5.75 Å². The molecule has 264 valence electrons. The molecule has 4 unspecified atom stereocenters. The van der Waals surface area contributed by atoms with Gasteiger partial charge in [0.05, 0.1) is 48.4 Å². The third kappa shape index (κ3) is 9.72. The van der Waals surface area contributed by atoms with E-state index in [9.17, 15) is 38.7 Å². The predicted octanol–water partition coefficient (Wildman–Crippen LogP) is 3.35. The SMILES string of the molecule is C/C=C\P[C@@H](OCc1cn([C@H]2CC(O)[C@@H](COP(=O)(O)OP(=O)(O)OP(=O)(O)O)O2)c2ncnc(N)c12)c1ccc(OC)cc1[N+](=O)[O-]. The molecule has 1 aromatic carbocycles. The van der Waals surface area contributed by atoms with E-state index in [4.69, 9.17) is 29.7 Å². The van der Waals surface area contributed by atoms with Crippen molar-refractivity contribution in [3.05, 3.63) is 63.9 Å². The van der Waals surface area contributed by atoms with Gasteiger partial charge in [0.25, 0.3) is 5.69 Å². The van der Waals surface area contributed by atoms with Gasteiger partial charge in [0, 0.05) is 18.2 Å². The predicted molar refractivity (Wildman–Crippen MR) is 167 cm³/mol. The van der Waals surface area contributed by atoms with Crippen LogP contribution in [0.1, 0.15) is 36.5 Å². The quantitative estimate of drug-likeness (QED) is 0.0693. The second-order valence-electron chi connectivity index (χ2n) is 9.88. The summed E-state index contributed by atoms with van der Waals surface area (Å²) in [6, 6.07) is 4.43. The number of ether oxygens (including phenoxy) is 3. The molecule has 48 heavy (non-hydrogen) atoms. The van der Waals surface area contributed by atoms with Crippen LogP contribution >= 0.6 is 32.0 Å². The van der Waals surface area contributed by atoms with E-state index in [1.54, 1.807) is 31.3 Å². The van der Waals surface area contributed by atoms with Gasteiger partial charge in [-0.1, -0.05) is 20.5 Å². The van der Waals surface area contributed by atoms with E-state index in [0.29, 0.717) is 22.3 Å². The number of nitrogen functional groups attached to an aromatic ring is 1. The topological polar surface area (TPSA) is 308 Å². The van der Waals surface area contributed by atoms with E-state index in [0.717, 1.165) is 0 Å². The Morgan fingerprint density at radius 1 is 1.21 bits per heavy atom. The minimum Gasteiger partial charge on any atom is -0.497 e.